The molecular weight excluding hydrogens is 305 g/mol. The topological polar surface area (TPSA) is 29.5 Å². The highest BCUT2D eigenvalue weighted by Gasteiger charge is 2.17. The summed E-state index contributed by atoms with van der Waals surface area (Å²) < 4.78 is 44.4. The molecule has 0 bridgehead atoms. The van der Waals surface area contributed by atoms with Gasteiger partial charge in [-0.2, -0.15) is 0 Å². The molecule has 1 N–H and O–H groups in total. The highest BCUT2D eigenvalue weighted by atomic mass is 35.5. The van der Waals surface area contributed by atoms with E-state index in [1.54, 1.807) is 18.2 Å². The summed E-state index contributed by atoms with van der Waals surface area (Å²) >= 11 is 5.87. The van der Waals surface area contributed by atoms with Gasteiger partial charge in [0.15, 0.2) is 17.5 Å². The Bertz CT molecular complexity index is 638. The first-order valence-electron chi connectivity index (χ1n) is 6.07. The summed E-state index contributed by atoms with van der Waals surface area (Å²) in [6.45, 7) is 0. The number of methoxy groups -OCH3 is 1. The maximum atomic E-state index is 13.2. The summed E-state index contributed by atoms with van der Waals surface area (Å²) in [4.78, 5) is 0. The van der Waals surface area contributed by atoms with E-state index in [9.17, 15) is 18.3 Å². The molecule has 0 aromatic heterocycles. The SMILES string of the molecule is COc1ccc(Cl)cc1CC(O)c1cc(F)c(F)c(F)c1. The predicted octanol–water partition coefficient (Wildman–Crippen LogP) is 4.04. The van der Waals surface area contributed by atoms with Crippen molar-refractivity contribution in [1.82, 2.24) is 0 Å². The first kappa shape index (κ1) is 15.7. The van der Waals surface area contributed by atoms with Crippen molar-refractivity contribution in [1.29, 1.82) is 0 Å². The van der Waals surface area contributed by atoms with E-state index in [-0.39, 0.29) is 12.0 Å². The maximum absolute atomic E-state index is 13.2. The fourth-order valence-corrected chi connectivity index (χ4v) is 2.20. The van der Waals surface area contributed by atoms with Gasteiger partial charge < -0.3 is 9.84 Å². The molecule has 2 nitrogen and oxygen atoms in total. The van der Waals surface area contributed by atoms with E-state index < -0.39 is 23.6 Å². The third-order valence-electron chi connectivity index (χ3n) is 3.05. The van der Waals surface area contributed by atoms with Crippen molar-refractivity contribution in [3.05, 3.63) is 63.9 Å². The van der Waals surface area contributed by atoms with Gasteiger partial charge >= 0.3 is 0 Å². The third kappa shape index (κ3) is 3.49. The number of ether oxygens (including phenoxy) is 1. The summed E-state index contributed by atoms with van der Waals surface area (Å²) in [5, 5.41) is 10.5. The van der Waals surface area contributed by atoms with Crippen LogP contribution in [0.4, 0.5) is 13.2 Å². The molecule has 0 amide bonds. The standard InChI is InChI=1S/C15H12ClF3O2/c1-21-14-3-2-10(16)4-9(14)7-13(20)8-5-11(17)15(19)12(18)6-8/h2-6,13,20H,7H2,1H3. The second-order valence-electron chi connectivity index (χ2n) is 4.47. The Labute approximate surface area is 124 Å². The van der Waals surface area contributed by atoms with Gasteiger partial charge in [-0.3, -0.25) is 0 Å². The molecule has 0 saturated carbocycles. The van der Waals surface area contributed by atoms with Crippen LogP contribution in [0.5, 0.6) is 5.75 Å². The van der Waals surface area contributed by atoms with Crippen LogP contribution in [-0.4, -0.2) is 12.2 Å². The predicted molar refractivity (Wildman–Crippen MR) is 73.0 cm³/mol. The van der Waals surface area contributed by atoms with E-state index in [4.69, 9.17) is 16.3 Å². The smallest absolute Gasteiger partial charge is 0.194 e. The van der Waals surface area contributed by atoms with Gasteiger partial charge in [0, 0.05) is 11.4 Å². The molecule has 1 unspecified atom stereocenters. The molecule has 2 aromatic rings. The Morgan fingerprint density at radius 3 is 2.33 bits per heavy atom. The fourth-order valence-electron chi connectivity index (χ4n) is 2.00. The summed E-state index contributed by atoms with van der Waals surface area (Å²) in [5.41, 5.74) is 0.510. The quantitative estimate of drug-likeness (QED) is 0.863. The van der Waals surface area contributed by atoms with Crippen LogP contribution in [-0.2, 0) is 6.42 Å². The van der Waals surface area contributed by atoms with E-state index in [1.807, 2.05) is 0 Å². The number of hydrogen-bond acceptors (Lipinski definition) is 2. The molecule has 1 atom stereocenters. The number of aliphatic hydroxyl groups is 1. The lowest BCUT2D eigenvalue weighted by atomic mass is 10.0. The third-order valence-corrected chi connectivity index (χ3v) is 3.28. The molecule has 0 radical (unpaired) electrons. The zero-order chi connectivity index (χ0) is 15.6. The van der Waals surface area contributed by atoms with Gasteiger partial charge in [-0.15, -0.1) is 0 Å². The van der Waals surface area contributed by atoms with Crippen LogP contribution in [0.3, 0.4) is 0 Å². The highest BCUT2D eigenvalue weighted by Crippen LogP contribution is 2.28. The Kier molecular flexibility index (Phi) is 4.75. The molecule has 21 heavy (non-hydrogen) atoms. The minimum Gasteiger partial charge on any atom is -0.496 e. The lowest BCUT2D eigenvalue weighted by Gasteiger charge is -2.14. The number of hydrogen-bond donors (Lipinski definition) is 1. The zero-order valence-electron chi connectivity index (χ0n) is 11.0. The minimum absolute atomic E-state index is 0.0221. The highest BCUT2D eigenvalue weighted by molar-refractivity contribution is 6.30. The number of aliphatic hydroxyl groups excluding tert-OH is 1. The number of halogens is 4. The monoisotopic (exact) mass is 316 g/mol. The molecular formula is C15H12ClF3O2. The van der Waals surface area contributed by atoms with E-state index >= 15 is 0 Å². The van der Waals surface area contributed by atoms with Crippen LogP contribution in [0.15, 0.2) is 30.3 Å². The van der Waals surface area contributed by atoms with Crippen LogP contribution in [0, 0.1) is 17.5 Å². The molecule has 0 heterocycles. The van der Waals surface area contributed by atoms with Crippen LogP contribution in [0.1, 0.15) is 17.2 Å². The van der Waals surface area contributed by atoms with E-state index in [1.165, 1.54) is 7.11 Å². The number of rotatable bonds is 4. The van der Waals surface area contributed by atoms with Gasteiger partial charge in [-0.1, -0.05) is 11.6 Å². The van der Waals surface area contributed by atoms with E-state index in [0.29, 0.717) is 16.3 Å². The molecule has 2 rings (SSSR count). The van der Waals surface area contributed by atoms with Crippen LogP contribution in [0.2, 0.25) is 5.02 Å². The Balaban J connectivity index is 2.30. The Morgan fingerprint density at radius 1 is 1.14 bits per heavy atom. The molecule has 0 saturated heterocycles. The molecule has 0 fully saturated rings. The van der Waals surface area contributed by atoms with Gasteiger partial charge in [0.05, 0.1) is 13.2 Å². The summed E-state index contributed by atoms with van der Waals surface area (Å²) in [5.74, 6) is -3.77. The molecule has 0 spiro atoms. The van der Waals surface area contributed by atoms with Gasteiger partial charge in [0.2, 0.25) is 0 Å². The Hall–Kier alpha value is -1.72. The van der Waals surface area contributed by atoms with E-state index in [2.05, 4.69) is 0 Å². The van der Waals surface area contributed by atoms with Crippen molar-refractivity contribution in [3.63, 3.8) is 0 Å². The molecule has 2 aromatic carbocycles. The molecule has 0 aliphatic heterocycles. The second kappa shape index (κ2) is 6.37. The van der Waals surface area contributed by atoms with Crippen LogP contribution in [0.25, 0.3) is 0 Å². The second-order valence-corrected chi connectivity index (χ2v) is 4.91. The van der Waals surface area contributed by atoms with E-state index in [0.717, 1.165) is 12.1 Å². The lowest BCUT2D eigenvalue weighted by Crippen LogP contribution is -2.06. The zero-order valence-corrected chi connectivity index (χ0v) is 11.8. The summed E-state index contributed by atoms with van der Waals surface area (Å²) in [6.07, 6.45) is -1.20. The average molecular weight is 317 g/mol. The van der Waals surface area contributed by atoms with Crippen molar-refractivity contribution in [2.24, 2.45) is 0 Å². The fraction of sp³-hybridized carbons (Fsp3) is 0.200. The minimum atomic E-state index is -1.56. The van der Waals surface area contributed by atoms with Crippen LogP contribution < -0.4 is 4.74 Å². The van der Waals surface area contributed by atoms with Gasteiger partial charge in [-0.05, 0) is 41.5 Å². The Morgan fingerprint density at radius 2 is 1.76 bits per heavy atom. The van der Waals surface area contributed by atoms with Gasteiger partial charge in [0.1, 0.15) is 5.75 Å². The van der Waals surface area contributed by atoms with Crippen molar-refractivity contribution in [2.75, 3.05) is 7.11 Å². The molecule has 0 aliphatic rings. The normalized spacial score (nSPS) is 12.3. The van der Waals surface area contributed by atoms with Crippen molar-refractivity contribution >= 4 is 11.6 Å². The molecule has 6 heteroatoms. The van der Waals surface area contributed by atoms with Crippen molar-refractivity contribution in [3.8, 4) is 5.75 Å². The molecule has 112 valence electrons. The first-order chi connectivity index (χ1) is 9.92. The first-order valence-corrected chi connectivity index (χ1v) is 6.45. The summed E-state index contributed by atoms with van der Waals surface area (Å²) in [6, 6.07) is 6.35. The average Bonchev–Trinajstić information content (AvgIpc) is 2.44. The van der Waals surface area contributed by atoms with Crippen molar-refractivity contribution < 1.29 is 23.0 Å². The maximum Gasteiger partial charge on any atom is 0.194 e. The van der Waals surface area contributed by atoms with Crippen molar-refractivity contribution in [2.45, 2.75) is 12.5 Å². The largest absolute Gasteiger partial charge is 0.496 e. The number of benzene rings is 2. The van der Waals surface area contributed by atoms with Gasteiger partial charge in [-0.25, -0.2) is 13.2 Å². The van der Waals surface area contributed by atoms with Crippen LogP contribution >= 0.6 is 11.6 Å². The summed E-state index contributed by atoms with van der Waals surface area (Å²) in [7, 11) is 1.45. The lowest BCUT2D eigenvalue weighted by molar-refractivity contribution is 0.176. The molecule has 0 aliphatic carbocycles. The van der Waals surface area contributed by atoms with Gasteiger partial charge in [0.25, 0.3) is 0 Å².